The van der Waals surface area contributed by atoms with Gasteiger partial charge < -0.3 is 10.1 Å². The van der Waals surface area contributed by atoms with Crippen LogP contribution < -0.4 is 5.32 Å². The lowest BCUT2D eigenvalue weighted by Gasteiger charge is -2.11. The zero-order valence-electron chi connectivity index (χ0n) is 10.7. The van der Waals surface area contributed by atoms with E-state index in [4.69, 9.17) is 4.74 Å². The van der Waals surface area contributed by atoms with Crippen LogP contribution in [-0.4, -0.2) is 30.2 Å². The molecule has 0 atom stereocenters. The molecular formula is C12H20IN3O. The van der Waals surface area contributed by atoms with Gasteiger partial charge in [-0.1, -0.05) is 13.8 Å². The second-order valence-corrected chi connectivity index (χ2v) is 4.85. The highest BCUT2D eigenvalue weighted by Gasteiger charge is 2.10. The van der Waals surface area contributed by atoms with E-state index >= 15 is 0 Å². The fourth-order valence-electron chi connectivity index (χ4n) is 1.44. The van der Waals surface area contributed by atoms with Gasteiger partial charge in [-0.05, 0) is 35.4 Å². The third-order valence-corrected chi connectivity index (χ3v) is 3.51. The maximum absolute atomic E-state index is 5.07. The molecule has 1 aromatic rings. The van der Waals surface area contributed by atoms with Crippen LogP contribution in [0.3, 0.4) is 0 Å². The van der Waals surface area contributed by atoms with Crippen molar-refractivity contribution in [3.05, 3.63) is 15.1 Å². The fraction of sp³-hybridized carbons (Fsp3) is 0.667. The number of hydrogen-bond acceptors (Lipinski definition) is 4. The Hall–Kier alpha value is -0.430. The van der Waals surface area contributed by atoms with Gasteiger partial charge in [0.15, 0.2) is 0 Å². The van der Waals surface area contributed by atoms with Crippen LogP contribution in [0.4, 0.5) is 5.82 Å². The molecule has 0 aliphatic carbocycles. The molecule has 5 heteroatoms. The third-order valence-electron chi connectivity index (χ3n) is 2.37. The normalized spacial score (nSPS) is 10.6. The van der Waals surface area contributed by atoms with E-state index in [1.165, 1.54) is 0 Å². The summed E-state index contributed by atoms with van der Waals surface area (Å²) in [6.07, 6.45) is 2.79. The summed E-state index contributed by atoms with van der Waals surface area (Å²) >= 11 is 2.32. The van der Waals surface area contributed by atoms with E-state index in [-0.39, 0.29) is 0 Å². The first-order valence-corrected chi connectivity index (χ1v) is 7.08. The van der Waals surface area contributed by atoms with E-state index in [0.29, 0.717) is 6.61 Å². The van der Waals surface area contributed by atoms with E-state index in [2.05, 4.69) is 51.7 Å². The second-order valence-electron chi connectivity index (χ2n) is 3.77. The number of aryl methyl sites for hydroxylation is 1. The van der Waals surface area contributed by atoms with Crippen LogP contribution in [0.25, 0.3) is 0 Å². The van der Waals surface area contributed by atoms with E-state index in [1.54, 1.807) is 7.11 Å². The van der Waals surface area contributed by atoms with Crippen molar-refractivity contribution >= 4 is 28.4 Å². The molecule has 17 heavy (non-hydrogen) atoms. The van der Waals surface area contributed by atoms with Crippen LogP contribution in [0.15, 0.2) is 0 Å². The van der Waals surface area contributed by atoms with Crippen molar-refractivity contribution in [2.24, 2.45) is 0 Å². The standard InChI is InChI=1S/C12H20IN3O/c1-4-7-14-12-11(13)9(5-2)15-10(16-12)6-8-17-3/h4-8H2,1-3H3,(H,14,15,16). The quantitative estimate of drug-likeness (QED) is 0.769. The molecular weight excluding hydrogens is 329 g/mol. The van der Waals surface area contributed by atoms with Gasteiger partial charge in [-0.25, -0.2) is 9.97 Å². The van der Waals surface area contributed by atoms with Gasteiger partial charge in [0.05, 0.1) is 15.9 Å². The fourth-order valence-corrected chi connectivity index (χ4v) is 2.26. The highest BCUT2D eigenvalue weighted by atomic mass is 127. The Morgan fingerprint density at radius 2 is 2.06 bits per heavy atom. The van der Waals surface area contributed by atoms with Crippen LogP contribution in [-0.2, 0) is 17.6 Å². The molecule has 4 nitrogen and oxygen atoms in total. The summed E-state index contributed by atoms with van der Waals surface area (Å²) in [6, 6.07) is 0. The maximum Gasteiger partial charge on any atom is 0.143 e. The monoisotopic (exact) mass is 349 g/mol. The minimum absolute atomic E-state index is 0.664. The van der Waals surface area contributed by atoms with Crippen LogP contribution in [0.1, 0.15) is 31.8 Å². The number of hydrogen-bond donors (Lipinski definition) is 1. The van der Waals surface area contributed by atoms with Gasteiger partial charge in [0, 0.05) is 20.1 Å². The smallest absolute Gasteiger partial charge is 0.143 e. The number of aromatic nitrogens is 2. The molecule has 96 valence electrons. The lowest BCUT2D eigenvalue weighted by Crippen LogP contribution is -2.11. The van der Waals surface area contributed by atoms with E-state index in [0.717, 1.165) is 46.7 Å². The Bertz CT molecular complexity index is 358. The first-order chi connectivity index (χ1) is 8.22. The number of nitrogens with zero attached hydrogens (tertiary/aromatic N) is 2. The van der Waals surface area contributed by atoms with Crippen LogP contribution >= 0.6 is 22.6 Å². The third kappa shape index (κ3) is 4.39. The molecule has 0 radical (unpaired) electrons. The van der Waals surface area contributed by atoms with Gasteiger partial charge in [-0.15, -0.1) is 0 Å². The summed E-state index contributed by atoms with van der Waals surface area (Å²) in [5, 5.41) is 3.35. The highest BCUT2D eigenvalue weighted by Crippen LogP contribution is 2.20. The number of anilines is 1. The molecule has 0 spiro atoms. The number of nitrogens with one attached hydrogen (secondary N) is 1. The predicted octanol–water partition coefficient (Wildman–Crippen LogP) is 2.65. The topological polar surface area (TPSA) is 47.0 Å². The molecule has 0 fully saturated rings. The average molecular weight is 349 g/mol. The molecule has 0 saturated carbocycles. The zero-order chi connectivity index (χ0) is 12.7. The summed E-state index contributed by atoms with van der Waals surface area (Å²) < 4.78 is 6.21. The molecule has 1 rings (SSSR count). The van der Waals surface area contributed by atoms with E-state index in [9.17, 15) is 0 Å². The molecule has 0 unspecified atom stereocenters. The minimum Gasteiger partial charge on any atom is -0.384 e. The Balaban J connectivity index is 2.92. The Morgan fingerprint density at radius 3 is 2.65 bits per heavy atom. The molecule has 1 aromatic heterocycles. The number of halogens is 1. The predicted molar refractivity (Wildman–Crippen MR) is 78.5 cm³/mol. The van der Waals surface area contributed by atoms with E-state index in [1.807, 2.05) is 0 Å². The van der Waals surface area contributed by atoms with Gasteiger partial charge in [0.25, 0.3) is 0 Å². The first kappa shape index (κ1) is 14.6. The van der Waals surface area contributed by atoms with Gasteiger partial charge in [-0.3, -0.25) is 0 Å². The van der Waals surface area contributed by atoms with Crippen LogP contribution in [0, 0.1) is 3.57 Å². The van der Waals surface area contributed by atoms with Crippen molar-refractivity contribution in [2.45, 2.75) is 33.1 Å². The zero-order valence-corrected chi connectivity index (χ0v) is 12.9. The van der Waals surface area contributed by atoms with Gasteiger partial charge in [0.1, 0.15) is 11.6 Å². The van der Waals surface area contributed by atoms with Crippen molar-refractivity contribution < 1.29 is 4.74 Å². The Kier molecular flexibility index (Phi) is 6.72. The molecule has 0 aliphatic heterocycles. The lowest BCUT2D eigenvalue weighted by atomic mass is 10.3. The van der Waals surface area contributed by atoms with Crippen molar-refractivity contribution in [3.63, 3.8) is 0 Å². The SMILES string of the molecule is CCCNc1nc(CCOC)nc(CC)c1I. The van der Waals surface area contributed by atoms with Crippen molar-refractivity contribution in [3.8, 4) is 0 Å². The van der Waals surface area contributed by atoms with E-state index < -0.39 is 0 Å². The Morgan fingerprint density at radius 1 is 1.29 bits per heavy atom. The summed E-state index contributed by atoms with van der Waals surface area (Å²) in [4.78, 5) is 9.10. The summed E-state index contributed by atoms with van der Waals surface area (Å²) in [5.41, 5.74) is 1.12. The highest BCUT2D eigenvalue weighted by molar-refractivity contribution is 14.1. The molecule has 0 aliphatic rings. The van der Waals surface area contributed by atoms with Crippen molar-refractivity contribution in [2.75, 3.05) is 25.6 Å². The van der Waals surface area contributed by atoms with Crippen molar-refractivity contribution in [1.29, 1.82) is 0 Å². The first-order valence-electron chi connectivity index (χ1n) is 6.01. The van der Waals surface area contributed by atoms with Gasteiger partial charge >= 0.3 is 0 Å². The van der Waals surface area contributed by atoms with Crippen LogP contribution in [0.5, 0.6) is 0 Å². The van der Waals surface area contributed by atoms with Gasteiger partial charge in [0.2, 0.25) is 0 Å². The Labute approximate surface area is 117 Å². The minimum atomic E-state index is 0.664. The summed E-state index contributed by atoms with van der Waals surface area (Å²) in [6.45, 7) is 5.87. The average Bonchev–Trinajstić information content (AvgIpc) is 2.35. The second kappa shape index (κ2) is 7.81. The lowest BCUT2D eigenvalue weighted by molar-refractivity contribution is 0.200. The molecule has 0 amide bonds. The molecule has 1 N–H and O–H groups in total. The van der Waals surface area contributed by atoms with Crippen LogP contribution in [0.2, 0.25) is 0 Å². The summed E-state index contributed by atoms with van der Waals surface area (Å²) in [5.74, 6) is 1.83. The summed E-state index contributed by atoms with van der Waals surface area (Å²) in [7, 11) is 1.70. The van der Waals surface area contributed by atoms with Crippen molar-refractivity contribution in [1.82, 2.24) is 9.97 Å². The number of rotatable bonds is 7. The number of ether oxygens (including phenoxy) is 1. The van der Waals surface area contributed by atoms with Gasteiger partial charge in [-0.2, -0.15) is 0 Å². The number of methoxy groups -OCH3 is 1. The molecule has 0 aromatic carbocycles. The molecule has 0 bridgehead atoms. The maximum atomic E-state index is 5.07. The largest absolute Gasteiger partial charge is 0.384 e. The molecule has 0 saturated heterocycles. The molecule has 1 heterocycles.